The maximum Gasteiger partial charge on any atom is 0.170 e. The molecule has 2 rings (SSSR count). The first-order valence-electron chi connectivity index (χ1n) is 7.84. The number of hydrogen-bond acceptors (Lipinski definition) is 3. The van der Waals surface area contributed by atoms with Crippen LogP contribution in [0.4, 0.5) is 11.5 Å². The SMILES string of the molecule is CCCNC(=S)Nc1ccc(N2C[C@@H](C)C[C@H](C)C2)nc1. The molecule has 0 radical (unpaired) electrons. The molecule has 1 aromatic rings. The predicted molar refractivity (Wildman–Crippen MR) is 93.9 cm³/mol. The third-order valence-electron chi connectivity index (χ3n) is 3.73. The molecule has 1 aliphatic heterocycles. The van der Waals surface area contributed by atoms with Crippen LogP contribution in [0.1, 0.15) is 33.6 Å². The van der Waals surface area contributed by atoms with E-state index in [-0.39, 0.29) is 0 Å². The molecule has 0 aromatic carbocycles. The van der Waals surface area contributed by atoms with Crippen molar-refractivity contribution in [2.75, 3.05) is 29.9 Å². The summed E-state index contributed by atoms with van der Waals surface area (Å²) in [6.07, 6.45) is 4.23. The number of hydrogen-bond donors (Lipinski definition) is 2. The highest BCUT2D eigenvalue weighted by atomic mass is 32.1. The fourth-order valence-electron chi connectivity index (χ4n) is 2.91. The van der Waals surface area contributed by atoms with Gasteiger partial charge in [0, 0.05) is 19.6 Å². The molecular weight excluding hydrogens is 280 g/mol. The molecule has 0 aliphatic carbocycles. The lowest BCUT2D eigenvalue weighted by Gasteiger charge is -2.35. The van der Waals surface area contributed by atoms with Crippen molar-refractivity contribution in [1.82, 2.24) is 10.3 Å². The molecule has 2 atom stereocenters. The highest BCUT2D eigenvalue weighted by Crippen LogP contribution is 2.25. The van der Waals surface area contributed by atoms with Crippen molar-refractivity contribution in [2.24, 2.45) is 11.8 Å². The van der Waals surface area contributed by atoms with E-state index >= 15 is 0 Å². The Balaban J connectivity index is 1.94. The van der Waals surface area contributed by atoms with Gasteiger partial charge in [0.15, 0.2) is 5.11 Å². The van der Waals surface area contributed by atoms with Crippen LogP contribution in [0.25, 0.3) is 0 Å². The number of aromatic nitrogens is 1. The lowest BCUT2D eigenvalue weighted by molar-refractivity contribution is 0.355. The van der Waals surface area contributed by atoms with Crippen LogP contribution in [0.15, 0.2) is 18.3 Å². The average molecular weight is 306 g/mol. The fourth-order valence-corrected chi connectivity index (χ4v) is 3.13. The van der Waals surface area contributed by atoms with Crippen molar-refractivity contribution >= 4 is 28.8 Å². The van der Waals surface area contributed by atoms with Gasteiger partial charge >= 0.3 is 0 Å². The Bertz CT molecular complexity index is 450. The normalized spacial score (nSPS) is 22.0. The molecule has 2 heterocycles. The molecule has 0 unspecified atom stereocenters. The van der Waals surface area contributed by atoms with Crippen LogP contribution < -0.4 is 15.5 Å². The minimum Gasteiger partial charge on any atom is -0.362 e. The second kappa shape index (κ2) is 7.59. The van der Waals surface area contributed by atoms with E-state index in [1.807, 2.05) is 12.3 Å². The Hall–Kier alpha value is -1.36. The molecule has 116 valence electrons. The van der Waals surface area contributed by atoms with Crippen molar-refractivity contribution in [1.29, 1.82) is 0 Å². The van der Waals surface area contributed by atoms with Gasteiger partial charge in [-0.05, 0) is 49.0 Å². The van der Waals surface area contributed by atoms with Crippen LogP contribution in [-0.2, 0) is 0 Å². The first-order valence-corrected chi connectivity index (χ1v) is 8.25. The van der Waals surface area contributed by atoms with Gasteiger partial charge in [-0.3, -0.25) is 0 Å². The highest BCUT2D eigenvalue weighted by Gasteiger charge is 2.22. The lowest BCUT2D eigenvalue weighted by Crippen LogP contribution is -2.39. The highest BCUT2D eigenvalue weighted by molar-refractivity contribution is 7.80. The molecule has 1 saturated heterocycles. The van der Waals surface area contributed by atoms with E-state index in [9.17, 15) is 0 Å². The zero-order chi connectivity index (χ0) is 15.2. The van der Waals surface area contributed by atoms with E-state index in [0.717, 1.165) is 49.4 Å². The number of thiocarbonyl (C=S) groups is 1. The quantitative estimate of drug-likeness (QED) is 0.836. The summed E-state index contributed by atoms with van der Waals surface area (Å²) in [6, 6.07) is 4.13. The standard InChI is InChI=1S/C16H26N4S/c1-4-7-17-16(21)19-14-5-6-15(18-9-14)20-10-12(2)8-13(3)11-20/h5-6,9,12-13H,4,7-8,10-11H2,1-3H3,(H2,17,19,21)/t12-,13-/m0/s1. The average Bonchev–Trinajstić information content (AvgIpc) is 2.45. The summed E-state index contributed by atoms with van der Waals surface area (Å²) in [5.74, 6) is 2.53. The smallest absolute Gasteiger partial charge is 0.170 e. The third-order valence-corrected chi connectivity index (χ3v) is 3.98. The number of pyridine rings is 1. The molecule has 5 heteroatoms. The van der Waals surface area contributed by atoms with Gasteiger partial charge in [0.25, 0.3) is 0 Å². The molecule has 0 bridgehead atoms. The van der Waals surface area contributed by atoms with Gasteiger partial charge in [-0.1, -0.05) is 20.8 Å². The molecule has 1 aliphatic rings. The van der Waals surface area contributed by atoms with Crippen LogP contribution in [0, 0.1) is 11.8 Å². The molecule has 0 amide bonds. The Morgan fingerprint density at radius 2 is 2.05 bits per heavy atom. The maximum atomic E-state index is 5.23. The second-order valence-corrected chi connectivity index (χ2v) is 6.55. The van der Waals surface area contributed by atoms with E-state index in [4.69, 9.17) is 12.2 Å². The van der Waals surface area contributed by atoms with E-state index < -0.39 is 0 Å². The molecule has 2 N–H and O–H groups in total. The molecular formula is C16H26N4S. The first kappa shape index (κ1) is 16.0. The van der Waals surface area contributed by atoms with Gasteiger partial charge in [-0.25, -0.2) is 4.98 Å². The predicted octanol–water partition coefficient (Wildman–Crippen LogP) is 3.26. The van der Waals surface area contributed by atoms with Crippen LogP contribution >= 0.6 is 12.2 Å². The summed E-state index contributed by atoms with van der Waals surface area (Å²) in [5.41, 5.74) is 0.936. The summed E-state index contributed by atoms with van der Waals surface area (Å²) in [7, 11) is 0. The third kappa shape index (κ3) is 4.84. The Morgan fingerprint density at radius 1 is 1.33 bits per heavy atom. The van der Waals surface area contributed by atoms with E-state index in [1.165, 1.54) is 6.42 Å². The van der Waals surface area contributed by atoms with Crippen molar-refractivity contribution in [3.8, 4) is 0 Å². The topological polar surface area (TPSA) is 40.2 Å². The molecule has 0 saturated carbocycles. The van der Waals surface area contributed by atoms with Gasteiger partial charge in [0.1, 0.15) is 5.82 Å². The summed E-state index contributed by atoms with van der Waals surface area (Å²) in [5, 5.41) is 6.98. The van der Waals surface area contributed by atoms with E-state index in [0.29, 0.717) is 5.11 Å². The monoisotopic (exact) mass is 306 g/mol. The second-order valence-electron chi connectivity index (χ2n) is 6.14. The molecule has 21 heavy (non-hydrogen) atoms. The van der Waals surface area contributed by atoms with Crippen LogP contribution in [0.2, 0.25) is 0 Å². The molecule has 1 fully saturated rings. The maximum absolute atomic E-state index is 5.23. The Morgan fingerprint density at radius 3 is 2.62 bits per heavy atom. The van der Waals surface area contributed by atoms with Crippen molar-refractivity contribution < 1.29 is 0 Å². The summed E-state index contributed by atoms with van der Waals surface area (Å²) in [6.45, 7) is 9.83. The number of anilines is 2. The molecule has 4 nitrogen and oxygen atoms in total. The van der Waals surface area contributed by atoms with Crippen molar-refractivity contribution in [3.05, 3.63) is 18.3 Å². The minimum atomic E-state index is 0.659. The Labute approximate surface area is 133 Å². The van der Waals surface area contributed by atoms with Gasteiger partial charge in [-0.2, -0.15) is 0 Å². The van der Waals surface area contributed by atoms with Crippen molar-refractivity contribution in [3.63, 3.8) is 0 Å². The van der Waals surface area contributed by atoms with E-state index in [1.54, 1.807) is 0 Å². The number of nitrogens with zero attached hydrogens (tertiary/aromatic N) is 2. The van der Waals surface area contributed by atoms with Gasteiger partial charge < -0.3 is 15.5 Å². The minimum absolute atomic E-state index is 0.659. The largest absolute Gasteiger partial charge is 0.362 e. The number of piperidine rings is 1. The van der Waals surface area contributed by atoms with E-state index in [2.05, 4.69) is 47.4 Å². The number of rotatable bonds is 4. The zero-order valence-electron chi connectivity index (χ0n) is 13.2. The van der Waals surface area contributed by atoms with Gasteiger partial charge in [0.2, 0.25) is 0 Å². The van der Waals surface area contributed by atoms with Crippen LogP contribution in [-0.4, -0.2) is 29.7 Å². The molecule has 1 aromatic heterocycles. The zero-order valence-corrected chi connectivity index (χ0v) is 14.0. The van der Waals surface area contributed by atoms with Crippen LogP contribution in [0.5, 0.6) is 0 Å². The summed E-state index contributed by atoms with van der Waals surface area (Å²) < 4.78 is 0. The Kier molecular flexibility index (Phi) is 5.79. The lowest BCUT2D eigenvalue weighted by atomic mass is 9.92. The number of nitrogens with one attached hydrogen (secondary N) is 2. The summed E-state index contributed by atoms with van der Waals surface area (Å²) in [4.78, 5) is 6.97. The van der Waals surface area contributed by atoms with Gasteiger partial charge in [0.05, 0.1) is 11.9 Å². The first-order chi connectivity index (χ1) is 10.1. The fraction of sp³-hybridized carbons (Fsp3) is 0.625. The molecule has 0 spiro atoms. The summed E-state index contributed by atoms with van der Waals surface area (Å²) >= 11 is 5.23. The van der Waals surface area contributed by atoms with Gasteiger partial charge in [-0.15, -0.1) is 0 Å². The van der Waals surface area contributed by atoms with Crippen LogP contribution in [0.3, 0.4) is 0 Å². The van der Waals surface area contributed by atoms with Crippen molar-refractivity contribution in [2.45, 2.75) is 33.6 Å².